The molecule has 2 nitrogen and oxygen atoms in total. The van der Waals surface area contributed by atoms with Crippen molar-refractivity contribution in [3.63, 3.8) is 0 Å². The third-order valence-electron chi connectivity index (χ3n) is 3.04. The molecule has 0 radical (unpaired) electrons. The first-order valence-electron chi connectivity index (χ1n) is 5.85. The molecule has 1 aromatic heterocycles. The van der Waals surface area contributed by atoms with Gasteiger partial charge in [-0.1, -0.05) is 30.7 Å². The second-order valence-electron chi connectivity index (χ2n) is 4.68. The Kier molecular flexibility index (Phi) is 3.31. The van der Waals surface area contributed by atoms with Crippen LogP contribution in [0.25, 0.3) is 11.3 Å². The summed E-state index contributed by atoms with van der Waals surface area (Å²) in [4.78, 5) is 4.66. The van der Waals surface area contributed by atoms with Crippen molar-refractivity contribution >= 4 is 11.3 Å². The Hall–Kier alpha value is -1.19. The number of aryl methyl sites for hydroxylation is 1. The summed E-state index contributed by atoms with van der Waals surface area (Å²) in [5.74, 6) is 0. The molecule has 0 spiro atoms. The van der Waals surface area contributed by atoms with E-state index in [1.807, 2.05) is 6.92 Å². The largest absolute Gasteiger partial charge is 0.320 e. The van der Waals surface area contributed by atoms with Crippen LogP contribution in [0.4, 0.5) is 0 Å². The van der Waals surface area contributed by atoms with Crippen LogP contribution in [0, 0.1) is 6.92 Å². The highest BCUT2D eigenvalue weighted by Gasteiger charge is 2.22. The zero-order valence-corrected chi connectivity index (χ0v) is 11.3. The predicted octanol–water partition coefficient (Wildman–Crippen LogP) is 3.70. The van der Waals surface area contributed by atoms with Gasteiger partial charge >= 0.3 is 0 Å². The van der Waals surface area contributed by atoms with E-state index in [0.29, 0.717) is 0 Å². The zero-order valence-electron chi connectivity index (χ0n) is 10.5. The highest BCUT2D eigenvalue weighted by atomic mass is 32.1. The molecule has 1 unspecified atom stereocenters. The number of hydrogen-bond donors (Lipinski definition) is 1. The van der Waals surface area contributed by atoms with Gasteiger partial charge in [0.2, 0.25) is 0 Å². The van der Waals surface area contributed by atoms with Gasteiger partial charge in [-0.15, -0.1) is 11.3 Å². The molecule has 0 amide bonds. The maximum absolute atomic E-state index is 6.21. The third-order valence-corrected chi connectivity index (χ3v) is 4.16. The second-order valence-corrected chi connectivity index (χ2v) is 5.54. The first kappa shape index (κ1) is 12.3. The minimum atomic E-state index is -0.313. The number of hydrogen-bond acceptors (Lipinski definition) is 3. The maximum Gasteiger partial charge on any atom is 0.113 e. The van der Waals surface area contributed by atoms with Gasteiger partial charge in [0.1, 0.15) is 5.01 Å². The van der Waals surface area contributed by atoms with Gasteiger partial charge in [0, 0.05) is 10.9 Å². The van der Waals surface area contributed by atoms with Crippen LogP contribution in [0.15, 0.2) is 29.6 Å². The van der Waals surface area contributed by atoms with Gasteiger partial charge in [-0.05, 0) is 26.3 Å². The molecule has 0 saturated heterocycles. The number of benzene rings is 1. The van der Waals surface area contributed by atoms with E-state index in [-0.39, 0.29) is 5.54 Å². The summed E-state index contributed by atoms with van der Waals surface area (Å²) in [6, 6.07) is 8.39. The number of nitrogens with zero attached hydrogens (tertiary/aromatic N) is 1. The summed E-state index contributed by atoms with van der Waals surface area (Å²) < 4.78 is 0. The summed E-state index contributed by atoms with van der Waals surface area (Å²) in [5, 5.41) is 3.10. The molecule has 1 aromatic carbocycles. The number of rotatable bonds is 3. The van der Waals surface area contributed by atoms with E-state index in [4.69, 9.17) is 5.73 Å². The van der Waals surface area contributed by atoms with Gasteiger partial charge in [-0.2, -0.15) is 0 Å². The fraction of sp³-hybridized carbons (Fsp3) is 0.357. The van der Waals surface area contributed by atoms with Crippen LogP contribution in [-0.2, 0) is 5.54 Å². The van der Waals surface area contributed by atoms with E-state index in [0.717, 1.165) is 17.1 Å². The van der Waals surface area contributed by atoms with E-state index in [9.17, 15) is 0 Å². The highest BCUT2D eigenvalue weighted by Crippen LogP contribution is 2.29. The Bertz CT molecular complexity index is 514. The summed E-state index contributed by atoms with van der Waals surface area (Å²) in [5.41, 5.74) is 9.34. The summed E-state index contributed by atoms with van der Waals surface area (Å²) in [6.45, 7) is 6.22. The minimum absolute atomic E-state index is 0.313. The van der Waals surface area contributed by atoms with Crippen LogP contribution in [0.1, 0.15) is 30.8 Å². The number of thiazole rings is 1. The molecule has 3 heteroatoms. The normalized spacial score (nSPS) is 14.6. The maximum atomic E-state index is 6.21. The van der Waals surface area contributed by atoms with E-state index in [2.05, 4.69) is 48.5 Å². The average molecular weight is 246 g/mol. The molecule has 2 rings (SSSR count). The van der Waals surface area contributed by atoms with Gasteiger partial charge in [-0.25, -0.2) is 4.98 Å². The molecule has 1 heterocycles. The zero-order chi connectivity index (χ0) is 12.5. The van der Waals surface area contributed by atoms with Crippen molar-refractivity contribution < 1.29 is 0 Å². The molecular formula is C14H18N2S. The molecule has 2 aromatic rings. The number of aromatic nitrogens is 1. The Labute approximate surface area is 107 Å². The quantitative estimate of drug-likeness (QED) is 0.896. The van der Waals surface area contributed by atoms with Crippen LogP contribution in [0.5, 0.6) is 0 Å². The monoisotopic (exact) mass is 246 g/mol. The Balaban J connectivity index is 2.36. The van der Waals surface area contributed by atoms with E-state index in [1.54, 1.807) is 11.3 Å². The van der Waals surface area contributed by atoms with E-state index >= 15 is 0 Å². The van der Waals surface area contributed by atoms with E-state index in [1.165, 1.54) is 11.1 Å². The van der Waals surface area contributed by atoms with Gasteiger partial charge in [0.25, 0.3) is 0 Å². The van der Waals surface area contributed by atoms with Gasteiger partial charge < -0.3 is 5.73 Å². The molecule has 0 saturated carbocycles. The van der Waals surface area contributed by atoms with Crippen molar-refractivity contribution in [2.45, 2.75) is 32.7 Å². The molecule has 2 N–H and O–H groups in total. The average Bonchev–Trinajstić information content (AvgIpc) is 2.79. The van der Waals surface area contributed by atoms with Crippen molar-refractivity contribution in [3.05, 3.63) is 40.2 Å². The lowest BCUT2D eigenvalue weighted by Gasteiger charge is -2.18. The standard InChI is InChI=1S/C14H18N2S/c1-4-14(3,15)13-16-12(9-17-13)11-7-5-6-10(2)8-11/h5-9H,4,15H2,1-3H3. The fourth-order valence-electron chi connectivity index (χ4n) is 1.62. The summed E-state index contributed by atoms with van der Waals surface area (Å²) >= 11 is 1.65. The molecule has 0 bridgehead atoms. The molecule has 0 aliphatic heterocycles. The van der Waals surface area contributed by atoms with Crippen molar-refractivity contribution in [1.82, 2.24) is 4.98 Å². The first-order valence-corrected chi connectivity index (χ1v) is 6.73. The van der Waals surface area contributed by atoms with Crippen LogP contribution < -0.4 is 5.73 Å². The Morgan fingerprint density at radius 2 is 2.18 bits per heavy atom. The smallest absolute Gasteiger partial charge is 0.113 e. The molecule has 90 valence electrons. The molecule has 0 aliphatic rings. The van der Waals surface area contributed by atoms with E-state index < -0.39 is 0 Å². The number of nitrogens with two attached hydrogens (primary N) is 1. The van der Waals surface area contributed by atoms with Gasteiger partial charge in [0.15, 0.2) is 0 Å². The Morgan fingerprint density at radius 3 is 2.82 bits per heavy atom. The van der Waals surface area contributed by atoms with Gasteiger partial charge in [-0.3, -0.25) is 0 Å². The molecule has 0 aliphatic carbocycles. The fourth-order valence-corrected chi connectivity index (χ4v) is 2.60. The predicted molar refractivity (Wildman–Crippen MR) is 74.1 cm³/mol. The summed E-state index contributed by atoms with van der Waals surface area (Å²) in [7, 11) is 0. The molecule has 0 fully saturated rings. The van der Waals surface area contributed by atoms with Crippen LogP contribution in [0.3, 0.4) is 0 Å². The van der Waals surface area contributed by atoms with Crippen molar-refractivity contribution in [3.8, 4) is 11.3 Å². The van der Waals surface area contributed by atoms with Gasteiger partial charge in [0.05, 0.1) is 11.2 Å². The van der Waals surface area contributed by atoms with Crippen LogP contribution in [0.2, 0.25) is 0 Å². The SMILES string of the molecule is CCC(C)(N)c1nc(-c2cccc(C)c2)cs1. The second kappa shape index (κ2) is 4.59. The van der Waals surface area contributed by atoms with Crippen molar-refractivity contribution in [1.29, 1.82) is 0 Å². The molecule has 1 atom stereocenters. The molecule has 17 heavy (non-hydrogen) atoms. The van der Waals surface area contributed by atoms with Crippen molar-refractivity contribution in [2.75, 3.05) is 0 Å². The van der Waals surface area contributed by atoms with Crippen molar-refractivity contribution in [2.24, 2.45) is 5.73 Å². The van der Waals surface area contributed by atoms with Crippen LogP contribution >= 0.6 is 11.3 Å². The lowest BCUT2D eigenvalue weighted by Crippen LogP contribution is -2.31. The minimum Gasteiger partial charge on any atom is -0.320 e. The topological polar surface area (TPSA) is 38.9 Å². The third kappa shape index (κ3) is 2.56. The molecular weight excluding hydrogens is 228 g/mol. The Morgan fingerprint density at radius 1 is 1.41 bits per heavy atom. The summed E-state index contributed by atoms with van der Waals surface area (Å²) in [6.07, 6.45) is 0.897. The van der Waals surface area contributed by atoms with Crippen LogP contribution in [-0.4, -0.2) is 4.98 Å². The lowest BCUT2D eigenvalue weighted by atomic mass is 10.0. The first-order chi connectivity index (χ1) is 8.03. The highest BCUT2D eigenvalue weighted by molar-refractivity contribution is 7.10. The lowest BCUT2D eigenvalue weighted by molar-refractivity contribution is 0.474.